The minimum Gasteiger partial charge on any atom is -0.350 e. The Labute approximate surface area is 142 Å². The molecule has 4 saturated carbocycles. The molecule has 5 nitrogen and oxygen atoms in total. The quantitative estimate of drug-likeness (QED) is 0.841. The molecule has 6 heteroatoms. The third kappa shape index (κ3) is 2.90. The molecule has 4 fully saturated rings. The van der Waals surface area contributed by atoms with Gasteiger partial charge >= 0.3 is 0 Å². The third-order valence-electron chi connectivity index (χ3n) is 6.00. The van der Waals surface area contributed by atoms with Gasteiger partial charge in [-0.1, -0.05) is 11.8 Å². The van der Waals surface area contributed by atoms with Gasteiger partial charge in [-0.15, -0.1) is 10.2 Å². The van der Waals surface area contributed by atoms with Gasteiger partial charge in [-0.2, -0.15) is 0 Å². The first-order valence-corrected chi connectivity index (χ1v) is 9.81. The molecule has 0 saturated heterocycles. The predicted molar refractivity (Wildman–Crippen MR) is 90.1 cm³/mol. The summed E-state index contributed by atoms with van der Waals surface area (Å²) >= 11 is 1.52. The van der Waals surface area contributed by atoms with Gasteiger partial charge in [0.25, 0.3) is 0 Å². The summed E-state index contributed by atoms with van der Waals surface area (Å²) in [5.41, 5.74) is 0.0963. The largest absolute Gasteiger partial charge is 0.350 e. The SMILES string of the molecule is CCn1cnnc1S[C@@H](C)C(=O)NC12CC3CC(CC(C3)C1)C2. The number of amides is 1. The van der Waals surface area contributed by atoms with Gasteiger partial charge in [-0.25, -0.2) is 0 Å². The van der Waals surface area contributed by atoms with E-state index in [0.29, 0.717) is 0 Å². The van der Waals surface area contributed by atoms with E-state index in [-0.39, 0.29) is 16.7 Å². The number of aromatic nitrogens is 3. The Morgan fingerprint density at radius 1 is 1.35 bits per heavy atom. The van der Waals surface area contributed by atoms with Gasteiger partial charge in [0.1, 0.15) is 6.33 Å². The van der Waals surface area contributed by atoms with Crippen LogP contribution in [0.5, 0.6) is 0 Å². The van der Waals surface area contributed by atoms with E-state index < -0.39 is 0 Å². The van der Waals surface area contributed by atoms with Crippen molar-refractivity contribution in [2.75, 3.05) is 0 Å². The van der Waals surface area contributed by atoms with Crippen molar-refractivity contribution in [2.45, 2.75) is 74.9 Å². The lowest BCUT2D eigenvalue weighted by Gasteiger charge is -2.57. The van der Waals surface area contributed by atoms with Crippen LogP contribution in [0.25, 0.3) is 0 Å². The predicted octanol–water partition coefficient (Wildman–Crippen LogP) is 2.86. The number of hydrogen-bond donors (Lipinski definition) is 1. The summed E-state index contributed by atoms with van der Waals surface area (Å²) in [6.07, 6.45) is 9.54. The minimum atomic E-state index is -0.127. The van der Waals surface area contributed by atoms with Crippen LogP contribution in [0.1, 0.15) is 52.4 Å². The molecular formula is C17H26N4OS. The second-order valence-corrected chi connectivity index (χ2v) is 9.15. The zero-order chi connectivity index (χ0) is 16.0. The maximum Gasteiger partial charge on any atom is 0.233 e. The van der Waals surface area contributed by atoms with Crippen molar-refractivity contribution in [1.29, 1.82) is 0 Å². The molecule has 4 bridgehead atoms. The van der Waals surface area contributed by atoms with Crippen molar-refractivity contribution < 1.29 is 4.79 Å². The standard InChI is InChI=1S/C17H26N4OS/c1-3-21-10-18-20-16(21)23-11(2)15(22)19-17-7-12-4-13(8-17)6-14(5-12)9-17/h10-14H,3-9H2,1-2H3,(H,19,22)/t11-,12?,13?,14?,17?/m0/s1. The molecule has 5 rings (SSSR count). The van der Waals surface area contributed by atoms with Crippen LogP contribution in [0, 0.1) is 17.8 Å². The fourth-order valence-corrected chi connectivity index (χ4v) is 6.28. The number of nitrogens with one attached hydrogen (secondary N) is 1. The fourth-order valence-electron chi connectivity index (χ4n) is 5.39. The van der Waals surface area contributed by atoms with Crippen LogP contribution in [0.15, 0.2) is 11.5 Å². The van der Waals surface area contributed by atoms with Crippen molar-refractivity contribution >= 4 is 17.7 Å². The van der Waals surface area contributed by atoms with Crippen molar-refractivity contribution in [3.63, 3.8) is 0 Å². The second-order valence-electron chi connectivity index (χ2n) is 7.85. The normalized spacial score (nSPS) is 36.2. The zero-order valence-corrected chi connectivity index (χ0v) is 14.8. The molecule has 1 heterocycles. The average molecular weight is 334 g/mol. The molecule has 1 N–H and O–H groups in total. The van der Waals surface area contributed by atoms with E-state index >= 15 is 0 Å². The second kappa shape index (κ2) is 5.80. The van der Waals surface area contributed by atoms with Gasteiger partial charge < -0.3 is 9.88 Å². The van der Waals surface area contributed by atoms with Crippen LogP contribution in [0.3, 0.4) is 0 Å². The van der Waals surface area contributed by atoms with Crippen LogP contribution in [0.2, 0.25) is 0 Å². The van der Waals surface area contributed by atoms with Crippen LogP contribution >= 0.6 is 11.8 Å². The number of carbonyl (C=O) groups is 1. The number of aryl methyl sites for hydroxylation is 1. The lowest BCUT2D eigenvalue weighted by Crippen LogP contribution is -2.60. The molecule has 1 atom stereocenters. The Morgan fingerprint density at radius 3 is 2.52 bits per heavy atom. The van der Waals surface area contributed by atoms with Crippen LogP contribution in [0.4, 0.5) is 0 Å². The molecule has 0 unspecified atom stereocenters. The van der Waals surface area contributed by atoms with Crippen molar-refractivity contribution in [3.8, 4) is 0 Å². The highest BCUT2D eigenvalue weighted by molar-refractivity contribution is 8.00. The average Bonchev–Trinajstić information content (AvgIpc) is 2.92. The molecule has 4 aliphatic carbocycles. The van der Waals surface area contributed by atoms with Gasteiger partial charge in [0.2, 0.25) is 5.91 Å². The van der Waals surface area contributed by atoms with Crippen LogP contribution in [-0.2, 0) is 11.3 Å². The molecule has 0 spiro atoms. The number of nitrogens with zero attached hydrogens (tertiary/aromatic N) is 3. The van der Waals surface area contributed by atoms with E-state index in [9.17, 15) is 4.79 Å². The van der Waals surface area contributed by atoms with E-state index in [2.05, 4.69) is 22.4 Å². The first-order chi connectivity index (χ1) is 11.1. The van der Waals surface area contributed by atoms with Crippen molar-refractivity contribution in [1.82, 2.24) is 20.1 Å². The smallest absolute Gasteiger partial charge is 0.233 e. The van der Waals surface area contributed by atoms with E-state index in [0.717, 1.165) is 29.5 Å². The van der Waals surface area contributed by atoms with E-state index in [1.807, 2.05) is 11.5 Å². The van der Waals surface area contributed by atoms with Gasteiger partial charge in [0.15, 0.2) is 5.16 Å². The molecule has 1 aromatic rings. The highest BCUT2D eigenvalue weighted by Crippen LogP contribution is 2.55. The topological polar surface area (TPSA) is 59.8 Å². The highest BCUT2D eigenvalue weighted by Gasteiger charge is 2.51. The van der Waals surface area contributed by atoms with Crippen molar-refractivity contribution in [2.24, 2.45) is 17.8 Å². The van der Waals surface area contributed by atoms with Crippen molar-refractivity contribution in [3.05, 3.63) is 6.33 Å². The zero-order valence-electron chi connectivity index (χ0n) is 14.0. The summed E-state index contributed by atoms with van der Waals surface area (Å²) in [4.78, 5) is 12.8. The highest BCUT2D eigenvalue weighted by atomic mass is 32.2. The van der Waals surface area contributed by atoms with Gasteiger partial charge in [0, 0.05) is 12.1 Å². The molecular weight excluding hydrogens is 308 g/mol. The number of thioether (sulfide) groups is 1. The maximum absolute atomic E-state index is 12.8. The first kappa shape index (κ1) is 15.5. The number of carbonyl (C=O) groups excluding carboxylic acids is 1. The van der Waals surface area contributed by atoms with E-state index in [4.69, 9.17) is 0 Å². The fraction of sp³-hybridized carbons (Fsp3) is 0.824. The first-order valence-electron chi connectivity index (χ1n) is 8.93. The maximum atomic E-state index is 12.8. The Hall–Kier alpha value is -1.04. The Balaban J connectivity index is 1.41. The summed E-state index contributed by atoms with van der Waals surface area (Å²) in [7, 11) is 0. The van der Waals surface area contributed by atoms with Crippen LogP contribution in [-0.4, -0.2) is 31.5 Å². The van der Waals surface area contributed by atoms with Gasteiger partial charge in [-0.3, -0.25) is 4.79 Å². The summed E-state index contributed by atoms with van der Waals surface area (Å²) in [5, 5.41) is 12.2. The Bertz CT molecular complexity index is 564. The summed E-state index contributed by atoms with van der Waals surface area (Å²) in [6, 6.07) is 0. The summed E-state index contributed by atoms with van der Waals surface area (Å²) < 4.78 is 1.99. The van der Waals surface area contributed by atoms with Crippen LogP contribution < -0.4 is 5.32 Å². The minimum absolute atomic E-state index is 0.0963. The lowest BCUT2D eigenvalue weighted by atomic mass is 9.53. The molecule has 126 valence electrons. The summed E-state index contributed by atoms with van der Waals surface area (Å²) in [5.74, 6) is 2.73. The molecule has 1 aromatic heterocycles. The number of hydrogen-bond acceptors (Lipinski definition) is 4. The van der Waals surface area contributed by atoms with Gasteiger partial charge in [0.05, 0.1) is 5.25 Å². The Morgan fingerprint density at radius 2 is 1.96 bits per heavy atom. The third-order valence-corrected chi connectivity index (χ3v) is 7.09. The molecule has 0 aliphatic heterocycles. The molecule has 4 aliphatic rings. The molecule has 0 aromatic carbocycles. The summed E-state index contributed by atoms with van der Waals surface area (Å²) in [6.45, 7) is 4.88. The molecule has 23 heavy (non-hydrogen) atoms. The van der Waals surface area contributed by atoms with Gasteiger partial charge in [-0.05, 0) is 70.1 Å². The Kier molecular flexibility index (Phi) is 3.90. The number of rotatable bonds is 5. The lowest BCUT2D eigenvalue weighted by molar-refractivity contribution is -0.126. The molecule has 1 amide bonds. The molecule has 0 radical (unpaired) electrons. The van der Waals surface area contributed by atoms with E-state index in [1.54, 1.807) is 6.33 Å². The monoisotopic (exact) mass is 334 g/mol. The van der Waals surface area contributed by atoms with E-state index in [1.165, 1.54) is 50.3 Å².